The van der Waals surface area contributed by atoms with Crippen LogP contribution in [0.15, 0.2) is 24.3 Å². The minimum absolute atomic E-state index is 0.0308. The summed E-state index contributed by atoms with van der Waals surface area (Å²) in [6.07, 6.45) is 1.91. The fourth-order valence-corrected chi connectivity index (χ4v) is 3.42. The molecule has 1 saturated heterocycles. The van der Waals surface area contributed by atoms with Crippen molar-refractivity contribution in [3.05, 3.63) is 29.8 Å². The number of nitrogens with one attached hydrogen (secondary N) is 1. The third-order valence-corrected chi connectivity index (χ3v) is 4.90. The van der Waals surface area contributed by atoms with E-state index in [1.165, 1.54) is 0 Å². The molecule has 2 aromatic rings. The predicted molar refractivity (Wildman–Crippen MR) is 91.8 cm³/mol. The lowest BCUT2D eigenvalue weighted by Crippen LogP contribution is -2.46. The molecule has 1 aliphatic rings. The standard InChI is InChI=1S/C18H25N3O2/c1-12(2)21-10-8-13(9-11-21)19-17(22)16-14-6-4-5-7-15(14)20(3)18(16)23/h4-7,12-13,23H,8-11H2,1-3H3,(H,19,22). The molecular formula is C18H25N3O2. The molecule has 5 nitrogen and oxygen atoms in total. The lowest BCUT2D eigenvalue weighted by molar-refractivity contribution is 0.0899. The fraction of sp³-hybridized carbons (Fsp3) is 0.500. The van der Waals surface area contributed by atoms with Crippen LogP contribution in [0.25, 0.3) is 10.9 Å². The SMILES string of the molecule is CC(C)N1CCC(NC(=O)c2c(O)n(C)c3ccccc23)CC1. The van der Waals surface area contributed by atoms with Gasteiger partial charge in [0.15, 0.2) is 0 Å². The van der Waals surface area contributed by atoms with Crippen LogP contribution in [0.5, 0.6) is 5.88 Å². The van der Waals surface area contributed by atoms with Crippen molar-refractivity contribution in [2.75, 3.05) is 13.1 Å². The van der Waals surface area contributed by atoms with Crippen molar-refractivity contribution in [3.8, 4) is 5.88 Å². The van der Waals surface area contributed by atoms with Crippen LogP contribution >= 0.6 is 0 Å². The van der Waals surface area contributed by atoms with E-state index in [0.717, 1.165) is 36.8 Å². The first kappa shape index (κ1) is 15.9. The molecule has 2 heterocycles. The Morgan fingerprint density at radius 3 is 2.57 bits per heavy atom. The van der Waals surface area contributed by atoms with Crippen LogP contribution in [0, 0.1) is 0 Å². The maximum absolute atomic E-state index is 12.7. The average molecular weight is 315 g/mol. The average Bonchev–Trinajstić information content (AvgIpc) is 2.80. The quantitative estimate of drug-likeness (QED) is 0.915. The molecule has 124 valence electrons. The maximum Gasteiger partial charge on any atom is 0.257 e. The topological polar surface area (TPSA) is 57.5 Å². The number of benzene rings is 1. The van der Waals surface area contributed by atoms with Gasteiger partial charge in [-0.1, -0.05) is 18.2 Å². The highest BCUT2D eigenvalue weighted by molar-refractivity contribution is 6.09. The van der Waals surface area contributed by atoms with Crippen LogP contribution < -0.4 is 5.32 Å². The Balaban J connectivity index is 1.76. The molecular weight excluding hydrogens is 290 g/mol. The summed E-state index contributed by atoms with van der Waals surface area (Å²) in [6.45, 7) is 6.41. The third-order valence-electron chi connectivity index (χ3n) is 4.90. The van der Waals surface area contributed by atoms with Gasteiger partial charge in [0.05, 0.1) is 5.52 Å². The van der Waals surface area contributed by atoms with E-state index in [4.69, 9.17) is 0 Å². The molecule has 23 heavy (non-hydrogen) atoms. The Hall–Kier alpha value is -2.01. The molecule has 2 N–H and O–H groups in total. The molecule has 0 spiro atoms. The van der Waals surface area contributed by atoms with Gasteiger partial charge in [-0.05, 0) is 32.8 Å². The van der Waals surface area contributed by atoms with Crippen molar-refractivity contribution < 1.29 is 9.90 Å². The molecule has 1 aromatic carbocycles. The summed E-state index contributed by atoms with van der Waals surface area (Å²) in [7, 11) is 1.77. The van der Waals surface area contributed by atoms with Gasteiger partial charge in [-0.15, -0.1) is 0 Å². The van der Waals surface area contributed by atoms with Crippen LogP contribution in [0.3, 0.4) is 0 Å². The second-order valence-corrected chi connectivity index (χ2v) is 6.65. The number of hydrogen-bond donors (Lipinski definition) is 2. The minimum atomic E-state index is -0.178. The highest BCUT2D eigenvalue weighted by atomic mass is 16.3. The number of aromatic nitrogens is 1. The van der Waals surface area contributed by atoms with Gasteiger partial charge in [0.1, 0.15) is 5.56 Å². The van der Waals surface area contributed by atoms with Gasteiger partial charge >= 0.3 is 0 Å². The van der Waals surface area contributed by atoms with Crippen LogP contribution in [0.4, 0.5) is 0 Å². The highest BCUT2D eigenvalue weighted by Crippen LogP contribution is 2.30. The molecule has 1 amide bonds. The van der Waals surface area contributed by atoms with E-state index in [9.17, 15) is 9.90 Å². The van der Waals surface area contributed by atoms with Crippen molar-refractivity contribution in [2.24, 2.45) is 7.05 Å². The monoisotopic (exact) mass is 315 g/mol. The van der Waals surface area contributed by atoms with Crippen molar-refractivity contribution in [1.29, 1.82) is 0 Å². The molecule has 1 fully saturated rings. The van der Waals surface area contributed by atoms with Gasteiger partial charge in [0, 0.05) is 37.6 Å². The number of carbonyl (C=O) groups is 1. The van der Waals surface area contributed by atoms with Gasteiger partial charge in [-0.2, -0.15) is 0 Å². The molecule has 0 radical (unpaired) electrons. The Kier molecular flexibility index (Phi) is 4.31. The number of nitrogens with zero attached hydrogens (tertiary/aromatic N) is 2. The predicted octanol–water partition coefficient (Wildman–Crippen LogP) is 2.49. The van der Waals surface area contributed by atoms with Crippen LogP contribution in [0.1, 0.15) is 37.0 Å². The van der Waals surface area contributed by atoms with E-state index in [1.807, 2.05) is 24.3 Å². The van der Waals surface area contributed by atoms with E-state index in [0.29, 0.717) is 11.6 Å². The first-order valence-corrected chi connectivity index (χ1v) is 8.30. The maximum atomic E-state index is 12.7. The summed E-state index contributed by atoms with van der Waals surface area (Å²) in [5.74, 6) is -0.148. The molecule has 1 aliphatic heterocycles. The van der Waals surface area contributed by atoms with Crippen LogP contribution in [-0.2, 0) is 7.05 Å². The Morgan fingerprint density at radius 1 is 1.26 bits per heavy atom. The van der Waals surface area contributed by atoms with Gasteiger partial charge in [0.2, 0.25) is 5.88 Å². The molecule has 0 saturated carbocycles. The number of para-hydroxylation sites is 1. The number of amides is 1. The van der Waals surface area contributed by atoms with Gasteiger partial charge in [0.25, 0.3) is 5.91 Å². The number of likely N-dealkylation sites (tertiary alicyclic amines) is 1. The zero-order chi connectivity index (χ0) is 16.6. The summed E-state index contributed by atoms with van der Waals surface area (Å²) in [6, 6.07) is 8.31. The number of carbonyl (C=O) groups excluding carboxylic acids is 1. The van der Waals surface area contributed by atoms with Gasteiger partial charge in [-0.3, -0.25) is 4.79 Å². The van der Waals surface area contributed by atoms with E-state index >= 15 is 0 Å². The minimum Gasteiger partial charge on any atom is -0.494 e. The number of aryl methyl sites for hydroxylation is 1. The second-order valence-electron chi connectivity index (χ2n) is 6.65. The highest BCUT2D eigenvalue weighted by Gasteiger charge is 2.26. The van der Waals surface area contributed by atoms with Crippen molar-refractivity contribution in [1.82, 2.24) is 14.8 Å². The van der Waals surface area contributed by atoms with E-state index < -0.39 is 0 Å². The zero-order valence-corrected chi connectivity index (χ0v) is 14.0. The summed E-state index contributed by atoms with van der Waals surface area (Å²) in [5, 5.41) is 14.2. The Morgan fingerprint density at radius 2 is 1.91 bits per heavy atom. The summed E-state index contributed by atoms with van der Waals surface area (Å²) < 4.78 is 1.66. The van der Waals surface area contributed by atoms with E-state index in [-0.39, 0.29) is 17.8 Å². The molecule has 0 bridgehead atoms. The van der Waals surface area contributed by atoms with Crippen molar-refractivity contribution in [3.63, 3.8) is 0 Å². The molecule has 0 aliphatic carbocycles. The molecule has 0 unspecified atom stereocenters. The van der Waals surface area contributed by atoms with E-state index in [1.54, 1.807) is 11.6 Å². The van der Waals surface area contributed by atoms with Crippen LogP contribution in [0.2, 0.25) is 0 Å². The Labute approximate surface area is 136 Å². The van der Waals surface area contributed by atoms with E-state index in [2.05, 4.69) is 24.1 Å². The molecule has 3 rings (SSSR count). The number of fused-ring (bicyclic) bond motifs is 1. The smallest absolute Gasteiger partial charge is 0.257 e. The molecule has 5 heteroatoms. The third kappa shape index (κ3) is 2.93. The number of rotatable bonds is 3. The Bertz CT molecular complexity index is 712. The largest absolute Gasteiger partial charge is 0.494 e. The normalized spacial score (nSPS) is 17.0. The summed E-state index contributed by atoms with van der Waals surface area (Å²) in [5.41, 5.74) is 1.25. The first-order valence-electron chi connectivity index (χ1n) is 8.30. The van der Waals surface area contributed by atoms with Crippen molar-refractivity contribution >= 4 is 16.8 Å². The lowest BCUT2D eigenvalue weighted by atomic mass is 10.0. The number of hydrogen-bond acceptors (Lipinski definition) is 3. The number of piperidine rings is 1. The molecule has 0 atom stereocenters. The zero-order valence-electron chi connectivity index (χ0n) is 14.0. The first-order chi connectivity index (χ1) is 11.0. The second kappa shape index (κ2) is 6.24. The molecule has 1 aromatic heterocycles. The lowest BCUT2D eigenvalue weighted by Gasteiger charge is -2.34. The van der Waals surface area contributed by atoms with Crippen molar-refractivity contribution in [2.45, 2.75) is 38.8 Å². The van der Waals surface area contributed by atoms with Crippen LogP contribution in [-0.4, -0.2) is 45.7 Å². The van der Waals surface area contributed by atoms with Gasteiger partial charge < -0.3 is 19.9 Å². The number of aromatic hydroxyl groups is 1. The van der Waals surface area contributed by atoms with Gasteiger partial charge in [-0.25, -0.2) is 0 Å². The summed E-state index contributed by atoms with van der Waals surface area (Å²) in [4.78, 5) is 15.1. The summed E-state index contributed by atoms with van der Waals surface area (Å²) >= 11 is 0. The fourth-order valence-electron chi connectivity index (χ4n) is 3.42.